The van der Waals surface area contributed by atoms with Crippen molar-refractivity contribution in [1.82, 2.24) is 10.2 Å². The van der Waals surface area contributed by atoms with Gasteiger partial charge in [0, 0.05) is 19.6 Å². The largest absolute Gasteiger partial charge is 0.458 e. The Bertz CT molecular complexity index is 574. The molecule has 1 fully saturated rings. The molecule has 0 aromatic carbocycles. The molecule has 0 unspecified atom stereocenters. The van der Waals surface area contributed by atoms with E-state index in [1.54, 1.807) is 25.7 Å². The second-order valence-electron chi connectivity index (χ2n) is 9.60. The molecule has 0 aliphatic carbocycles. The molecule has 0 bridgehead atoms. The summed E-state index contributed by atoms with van der Waals surface area (Å²) in [4.78, 5) is 37.6. The van der Waals surface area contributed by atoms with E-state index in [2.05, 4.69) is 5.32 Å². The summed E-state index contributed by atoms with van der Waals surface area (Å²) in [5, 5.41) is 2.66. The number of hydrogen-bond donors (Lipinski definition) is 2. The molecular formula is C21H39N3O6. The van der Waals surface area contributed by atoms with Gasteiger partial charge in [-0.15, -0.1) is 0 Å². The van der Waals surface area contributed by atoms with Crippen LogP contribution in [-0.2, 0) is 23.8 Å². The number of likely N-dealkylation sites (tertiary alicyclic amines) is 1. The van der Waals surface area contributed by atoms with Gasteiger partial charge in [-0.1, -0.05) is 0 Å². The highest BCUT2D eigenvalue weighted by molar-refractivity contribution is 5.81. The Morgan fingerprint density at radius 1 is 1.03 bits per heavy atom. The predicted octanol–water partition coefficient (Wildman–Crippen LogP) is 1.97. The van der Waals surface area contributed by atoms with E-state index in [0.29, 0.717) is 45.3 Å². The number of carbonyl (C=O) groups is 3. The van der Waals surface area contributed by atoms with Gasteiger partial charge in [0.2, 0.25) is 5.91 Å². The van der Waals surface area contributed by atoms with Gasteiger partial charge in [0.25, 0.3) is 0 Å². The third-order valence-corrected chi connectivity index (χ3v) is 4.29. The molecule has 1 heterocycles. The normalized spacial score (nSPS) is 16.7. The Morgan fingerprint density at radius 3 is 2.13 bits per heavy atom. The lowest BCUT2D eigenvalue weighted by Gasteiger charge is -2.33. The predicted molar refractivity (Wildman–Crippen MR) is 113 cm³/mol. The summed E-state index contributed by atoms with van der Waals surface area (Å²) in [7, 11) is 0. The van der Waals surface area contributed by atoms with Gasteiger partial charge in [-0.25, -0.2) is 9.59 Å². The minimum atomic E-state index is -0.607. The fourth-order valence-electron chi connectivity index (χ4n) is 2.98. The van der Waals surface area contributed by atoms with Crippen LogP contribution in [0.1, 0.15) is 67.2 Å². The Morgan fingerprint density at radius 2 is 1.60 bits per heavy atom. The summed E-state index contributed by atoms with van der Waals surface area (Å²) in [6, 6.07) is -0.607. The first-order valence-electron chi connectivity index (χ1n) is 10.6. The van der Waals surface area contributed by atoms with Crippen molar-refractivity contribution >= 4 is 18.0 Å². The van der Waals surface area contributed by atoms with Crippen LogP contribution >= 0.6 is 0 Å². The van der Waals surface area contributed by atoms with Crippen molar-refractivity contribution in [2.75, 3.05) is 26.2 Å². The van der Waals surface area contributed by atoms with E-state index >= 15 is 0 Å². The Hall–Kier alpha value is -1.87. The lowest BCUT2D eigenvalue weighted by molar-refractivity contribution is -0.163. The van der Waals surface area contributed by atoms with Gasteiger partial charge in [-0.2, -0.15) is 0 Å². The van der Waals surface area contributed by atoms with Crippen molar-refractivity contribution < 1.29 is 28.6 Å². The van der Waals surface area contributed by atoms with Crippen molar-refractivity contribution in [2.45, 2.75) is 90.6 Å². The first kappa shape index (κ1) is 26.2. The van der Waals surface area contributed by atoms with E-state index in [0.717, 1.165) is 0 Å². The Kier molecular flexibility index (Phi) is 10.0. The zero-order chi connectivity index (χ0) is 22.9. The number of amides is 2. The highest BCUT2D eigenvalue weighted by atomic mass is 16.6. The van der Waals surface area contributed by atoms with Gasteiger partial charge >= 0.3 is 12.1 Å². The van der Waals surface area contributed by atoms with E-state index in [9.17, 15) is 14.4 Å². The zero-order valence-electron chi connectivity index (χ0n) is 19.3. The standard InChI is InChI=1S/C21H39N3O6/c1-20(2,3)29-17(25)14-28-15-9-12-24(13-10-15)18(26)16(22)8-7-11-23-19(27)30-21(4,5)6/h15-16H,7-14,22H2,1-6H3,(H,23,27)/t16-/m1/s1. The van der Waals surface area contributed by atoms with Crippen LogP contribution in [0, 0.1) is 0 Å². The average Bonchev–Trinajstić information content (AvgIpc) is 2.60. The fourth-order valence-corrected chi connectivity index (χ4v) is 2.98. The smallest absolute Gasteiger partial charge is 0.407 e. The van der Waals surface area contributed by atoms with Crippen LogP contribution in [0.2, 0.25) is 0 Å². The van der Waals surface area contributed by atoms with Crippen LogP contribution in [0.3, 0.4) is 0 Å². The summed E-state index contributed by atoms with van der Waals surface area (Å²) in [6.07, 6.45) is 1.82. The van der Waals surface area contributed by atoms with Crippen LogP contribution in [0.4, 0.5) is 4.79 Å². The topological polar surface area (TPSA) is 120 Å². The van der Waals surface area contributed by atoms with Crippen molar-refractivity contribution in [3.63, 3.8) is 0 Å². The molecule has 3 N–H and O–H groups in total. The molecule has 0 radical (unpaired) electrons. The monoisotopic (exact) mass is 429 g/mol. The van der Waals surface area contributed by atoms with E-state index in [4.69, 9.17) is 19.9 Å². The highest BCUT2D eigenvalue weighted by Crippen LogP contribution is 2.16. The third-order valence-electron chi connectivity index (χ3n) is 4.29. The minimum Gasteiger partial charge on any atom is -0.458 e. The summed E-state index contributed by atoms with van der Waals surface area (Å²) in [5.41, 5.74) is 4.96. The van der Waals surface area contributed by atoms with Crippen molar-refractivity contribution in [1.29, 1.82) is 0 Å². The minimum absolute atomic E-state index is 0.0733. The van der Waals surface area contributed by atoms with Gasteiger partial charge in [-0.3, -0.25) is 4.79 Å². The molecule has 0 aromatic heterocycles. The molecule has 1 saturated heterocycles. The molecule has 0 saturated carbocycles. The first-order valence-corrected chi connectivity index (χ1v) is 10.6. The van der Waals surface area contributed by atoms with Gasteiger partial charge in [0.15, 0.2) is 0 Å². The summed E-state index contributed by atoms with van der Waals surface area (Å²) < 4.78 is 16.0. The summed E-state index contributed by atoms with van der Waals surface area (Å²) in [5.74, 6) is -0.485. The lowest BCUT2D eigenvalue weighted by atomic mass is 10.1. The van der Waals surface area contributed by atoms with Gasteiger partial charge in [0.1, 0.15) is 17.8 Å². The molecule has 30 heavy (non-hydrogen) atoms. The molecule has 9 nitrogen and oxygen atoms in total. The molecule has 1 rings (SSSR count). The first-order chi connectivity index (χ1) is 13.8. The number of carbonyl (C=O) groups excluding carboxylic acids is 3. The number of hydrogen-bond acceptors (Lipinski definition) is 7. The maximum absolute atomic E-state index is 12.5. The van der Waals surface area contributed by atoms with Gasteiger partial charge in [0.05, 0.1) is 12.1 Å². The van der Waals surface area contributed by atoms with E-state index in [-0.39, 0.29) is 24.6 Å². The van der Waals surface area contributed by atoms with Crippen molar-refractivity contribution in [3.05, 3.63) is 0 Å². The molecule has 9 heteroatoms. The van der Waals surface area contributed by atoms with Gasteiger partial charge in [-0.05, 0) is 67.2 Å². The fraction of sp³-hybridized carbons (Fsp3) is 0.857. The number of nitrogens with zero attached hydrogens (tertiary/aromatic N) is 1. The Balaban J connectivity index is 2.23. The van der Waals surface area contributed by atoms with Crippen LogP contribution in [0.5, 0.6) is 0 Å². The number of alkyl carbamates (subject to hydrolysis) is 1. The zero-order valence-corrected chi connectivity index (χ0v) is 19.3. The van der Waals surface area contributed by atoms with Crippen LogP contribution in [-0.4, -0.2) is 72.5 Å². The molecule has 1 aliphatic rings. The second-order valence-corrected chi connectivity index (χ2v) is 9.60. The third kappa shape index (κ3) is 11.3. The number of nitrogens with two attached hydrogens (primary N) is 1. The quantitative estimate of drug-likeness (QED) is 0.447. The molecule has 174 valence electrons. The second kappa shape index (κ2) is 11.5. The van der Waals surface area contributed by atoms with Crippen molar-refractivity contribution in [3.8, 4) is 0 Å². The number of piperidine rings is 1. The molecule has 2 amide bonds. The van der Waals surface area contributed by atoms with Crippen LogP contribution < -0.4 is 11.1 Å². The maximum Gasteiger partial charge on any atom is 0.407 e. The Labute approximate surface area is 180 Å². The lowest BCUT2D eigenvalue weighted by Crippen LogP contribution is -2.48. The van der Waals surface area contributed by atoms with E-state index in [1.807, 2.05) is 20.8 Å². The molecular weight excluding hydrogens is 390 g/mol. The molecule has 0 spiro atoms. The summed E-state index contributed by atoms with van der Waals surface area (Å²) in [6.45, 7) is 12.2. The van der Waals surface area contributed by atoms with Crippen molar-refractivity contribution in [2.24, 2.45) is 5.73 Å². The molecule has 1 atom stereocenters. The SMILES string of the molecule is CC(C)(C)OC(=O)COC1CCN(C(=O)[C@H](N)CCCNC(=O)OC(C)(C)C)CC1. The number of esters is 1. The van der Waals surface area contributed by atoms with E-state index < -0.39 is 23.3 Å². The number of ether oxygens (including phenoxy) is 3. The number of rotatable bonds is 8. The summed E-state index contributed by atoms with van der Waals surface area (Å²) >= 11 is 0. The van der Waals surface area contributed by atoms with Crippen LogP contribution in [0.25, 0.3) is 0 Å². The average molecular weight is 430 g/mol. The highest BCUT2D eigenvalue weighted by Gasteiger charge is 2.27. The molecule has 1 aliphatic heterocycles. The van der Waals surface area contributed by atoms with Gasteiger partial charge < -0.3 is 30.2 Å². The van der Waals surface area contributed by atoms with Crippen LogP contribution in [0.15, 0.2) is 0 Å². The number of nitrogens with one attached hydrogen (secondary N) is 1. The maximum atomic E-state index is 12.5. The molecule has 0 aromatic rings. The van der Waals surface area contributed by atoms with E-state index in [1.165, 1.54) is 0 Å².